The van der Waals surface area contributed by atoms with Crippen molar-refractivity contribution in [2.24, 2.45) is 11.8 Å². The van der Waals surface area contributed by atoms with Gasteiger partial charge < -0.3 is 14.7 Å². The van der Waals surface area contributed by atoms with Crippen LogP contribution < -0.4 is 14.4 Å². The second kappa shape index (κ2) is 11.7. The van der Waals surface area contributed by atoms with E-state index in [-0.39, 0.29) is 17.2 Å². The molecule has 7 nitrogen and oxygen atoms in total. The Morgan fingerprint density at radius 1 is 1.03 bits per heavy atom. The molecule has 2 aromatic carbocycles. The summed E-state index contributed by atoms with van der Waals surface area (Å²) in [5.41, 5.74) is 3.30. The number of aliphatic hydroxyl groups is 1. The molecule has 204 valence electrons. The van der Waals surface area contributed by atoms with Crippen molar-refractivity contribution in [3.8, 4) is 5.75 Å². The molecule has 1 saturated carbocycles. The number of nitrogens with one attached hydrogen (secondary N) is 1. The van der Waals surface area contributed by atoms with Crippen molar-refractivity contribution in [1.82, 2.24) is 4.72 Å². The van der Waals surface area contributed by atoms with Gasteiger partial charge in [-0.05, 0) is 98.2 Å². The third kappa shape index (κ3) is 6.35. The van der Waals surface area contributed by atoms with Crippen LogP contribution in [0.3, 0.4) is 0 Å². The minimum absolute atomic E-state index is 0.209. The van der Waals surface area contributed by atoms with Crippen LogP contribution in [0.5, 0.6) is 5.75 Å². The molecule has 0 unspecified atom stereocenters. The Balaban J connectivity index is 1.52. The molecule has 38 heavy (non-hydrogen) atoms. The number of rotatable bonds is 0. The van der Waals surface area contributed by atoms with Crippen LogP contribution in [0, 0.1) is 11.8 Å². The number of hydrogen-bond donors (Lipinski definition) is 2. The molecule has 2 bridgehead atoms. The smallest absolute Gasteiger partial charge is 0.264 e. The summed E-state index contributed by atoms with van der Waals surface area (Å²) in [5.74, 6) is 0.256. The van der Waals surface area contributed by atoms with E-state index in [1.54, 1.807) is 30.4 Å². The van der Waals surface area contributed by atoms with E-state index in [9.17, 15) is 18.3 Å². The van der Waals surface area contributed by atoms with Crippen molar-refractivity contribution in [3.05, 3.63) is 70.3 Å². The van der Waals surface area contributed by atoms with Crippen LogP contribution in [0.4, 0.5) is 5.69 Å². The number of anilines is 1. The second-order valence-corrected chi connectivity index (χ2v) is 12.8. The van der Waals surface area contributed by atoms with Gasteiger partial charge in [0.05, 0.1) is 17.5 Å². The highest BCUT2D eigenvalue weighted by atomic mass is 35.5. The fraction of sp³-hybridized carbons (Fsp3) is 0.483. The first-order chi connectivity index (χ1) is 18.3. The van der Waals surface area contributed by atoms with Crippen LogP contribution in [0.2, 0.25) is 5.02 Å². The number of fused-ring (bicyclic) bond motifs is 3. The van der Waals surface area contributed by atoms with Gasteiger partial charge in [0.2, 0.25) is 10.0 Å². The summed E-state index contributed by atoms with van der Waals surface area (Å²) in [6, 6.07) is 11.0. The minimum atomic E-state index is -3.83. The van der Waals surface area contributed by atoms with Gasteiger partial charge in [-0.15, -0.1) is 0 Å². The third-order valence-electron chi connectivity index (χ3n) is 8.02. The van der Waals surface area contributed by atoms with Gasteiger partial charge in [-0.1, -0.05) is 29.8 Å². The summed E-state index contributed by atoms with van der Waals surface area (Å²) in [5, 5.41) is 11.6. The maximum atomic E-state index is 13.0. The Morgan fingerprint density at radius 2 is 1.89 bits per heavy atom. The lowest BCUT2D eigenvalue weighted by Gasteiger charge is -2.43. The number of ether oxygens (including phenoxy) is 1. The number of hydrogen-bond acceptors (Lipinski definition) is 6. The van der Waals surface area contributed by atoms with E-state index in [0.717, 1.165) is 56.4 Å². The van der Waals surface area contributed by atoms with Crippen molar-refractivity contribution in [2.45, 2.75) is 57.7 Å². The number of carbonyl (C=O) groups excluding carboxylic acids is 1. The van der Waals surface area contributed by atoms with Crippen LogP contribution in [0.15, 0.2) is 48.6 Å². The highest BCUT2D eigenvalue weighted by molar-refractivity contribution is 7.90. The number of carbonyl (C=O) groups is 1. The predicted octanol–water partition coefficient (Wildman–Crippen LogP) is 4.86. The Morgan fingerprint density at radius 3 is 2.71 bits per heavy atom. The zero-order valence-corrected chi connectivity index (χ0v) is 23.0. The van der Waals surface area contributed by atoms with E-state index < -0.39 is 22.0 Å². The lowest BCUT2D eigenvalue weighted by Crippen LogP contribution is -2.43. The predicted molar refractivity (Wildman–Crippen MR) is 149 cm³/mol. The lowest BCUT2D eigenvalue weighted by molar-refractivity contribution is 0.0115. The van der Waals surface area contributed by atoms with Gasteiger partial charge in [0.1, 0.15) is 12.4 Å². The summed E-state index contributed by atoms with van der Waals surface area (Å²) in [7, 11) is -3.83. The number of halogens is 1. The van der Waals surface area contributed by atoms with Crippen LogP contribution in [-0.4, -0.2) is 44.4 Å². The molecule has 3 atom stereocenters. The van der Waals surface area contributed by atoms with Gasteiger partial charge in [-0.3, -0.25) is 4.79 Å². The molecule has 1 aliphatic carbocycles. The van der Waals surface area contributed by atoms with Gasteiger partial charge in [0, 0.05) is 23.7 Å². The molecule has 2 heterocycles. The molecule has 0 aromatic heterocycles. The van der Waals surface area contributed by atoms with E-state index in [1.807, 2.05) is 18.2 Å². The van der Waals surface area contributed by atoms with Crippen molar-refractivity contribution in [1.29, 1.82) is 0 Å². The topological polar surface area (TPSA) is 95.9 Å². The van der Waals surface area contributed by atoms with E-state index in [4.69, 9.17) is 16.3 Å². The fourth-order valence-electron chi connectivity index (χ4n) is 5.73. The van der Waals surface area contributed by atoms with Crippen LogP contribution in [0.1, 0.15) is 60.0 Å². The monoisotopic (exact) mass is 558 g/mol. The zero-order chi connectivity index (χ0) is 26.7. The van der Waals surface area contributed by atoms with E-state index in [2.05, 4.69) is 9.62 Å². The standard InChI is InChI=1S/C29H35ClN2O5S/c30-24-11-8-23-19-37-28-13-10-21-17-26(28)32(14-4-3-6-20(23)16-24)18-22-9-12-25(22)27(33)7-2-1-5-15-38(35,36)31-29(21)34/h1,5,8,10-11,13,16-17,22,25,27,33H,2-4,6-7,9,12,14-15,18-19H2,(H,31,34)/b5-1+/t22-,25+,27-/m0/s1. The van der Waals surface area contributed by atoms with Crippen molar-refractivity contribution in [2.75, 3.05) is 23.7 Å². The average molecular weight is 559 g/mol. The average Bonchev–Trinajstić information content (AvgIpc) is 2.88. The number of nitrogens with zero attached hydrogens (tertiary/aromatic N) is 1. The highest BCUT2D eigenvalue weighted by Crippen LogP contribution is 2.41. The molecular weight excluding hydrogens is 524 g/mol. The Kier molecular flexibility index (Phi) is 8.31. The molecule has 5 rings (SSSR count). The zero-order valence-electron chi connectivity index (χ0n) is 21.4. The summed E-state index contributed by atoms with van der Waals surface area (Å²) >= 11 is 6.27. The SMILES string of the molecule is O=C1NS(=O)(=O)C/C=C/CC[C@H](O)[C@@H]2CC[C@H]2CN2CCCCc3cc(Cl)ccc3COc3ccc1cc32. The molecule has 9 heteroatoms. The second-order valence-electron chi connectivity index (χ2n) is 10.6. The summed E-state index contributed by atoms with van der Waals surface area (Å²) in [4.78, 5) is 15.3. The number of sulfonamides is 1. The molecule has 0 saturated heterocycles. The first-order valence-corrected chi connectivity index (χ1v) is 15.5. The lowest BCUT2D eigenvalue weighted by atomic mass is 9.69. The minimum Gasteiger partial charge on any atom is -0.487 e. The molecule has 2 N–H and O–H groups in total. The molecule has 2 aromatic rings. The summed E-state index contributed by atoms with van der Waals surface area (Å²) < 4.78 is 33.6. The van der Waals surface area contributed by atoms with Crippen LogP contribution >= 0.6 is 11.6 Å². The number of benzene rings is 2. The van der Waals surface area contributed by atoms with E-state index in [1.165, 1.54) is 5.56 Å². The summed E-state index contributed by atoms with van der Waals surface area (Å²) in [6.07, 6.45) is 8.92. The maximum Gasteiger partial charge on any atom is 0.264 e. The first-order valence-electron chi connectivity index (χ1n) is 13.5. The number of aryl methyl sites for hydroxylation is 1. The normalized spacial score (nSPS) is 26.8. The third-order valence-corrected chi connectivity index (χ3v) is 9.39. The molecular formula is C29H35ClN2O5S. The van der Waals surface area contributed by atoms with E-state index >= 15 is 0 Å². The quantitative estimate of drug-likeness (QED) is 0.448. The number of amides is 1. The summed E-state index contributed by atoms with van der Waals surface area (Å²) in [6.45, 7) is 1.87. The van der Waals surface area contributed by atoms with Gasteiger partial charge in [0.25, 0.3) is 5.91 Å². The largest absolute Gasteiger partial charge is 0.487 e. The molecule has 1 fully saturated rings. The van der Waals surface area contributed by atoms with E-state index in [0.29, 0.717) is 36.1 Å². The van der Waals surface area contributed by atoms with Gasteiger partial charge in [0.15, 0.2) is 0 Å². The van der Waals surface area contributed by atoms with Gasteiger partial charge in [-0.2, -0.15) is 0 Å². The fourth-order valence-corrected chi connectivity index (χ4v) is 6.79. The molecule has 2 aliphatic heterocycles. The Hall–Kier alpha value is -2.55. The molecule has 0 radical (unpaired) electrons. The molecule has 0 spiro atoms. The van der Waals surface area contributed by atoms with Crippen molar-refractivity contribution >= 4 is 33.2 Å². The molecule has 3 aliphatic rings. The highest BCUT2D eigenvalue weighted by Gasteiger charge is 2.37. The first kappa shape index (κ1) is 27.0. The van der Waals surface area contributed by atoms with Crippen LogP contribution in [0.25, 0.3) is 0 Å². The number of allylic oxidation sites excluding steroid dienone is 1. The van der Waals surface area contributed by atoms with Gasteiger partial charge >= 0.3 is 0 Å². The molecule has 1 amide bonds. The van der Waals surface area contributed by atoms with Gasteiger partial charge in [-0.25, -0.2) is 13.1 Å². The number of aliphatic hydroxyl groups excluding tert-OH is 1. The van der Waals surface area contributed by atoms with Crippen molar-refractivity contribution < 1.29 is 23.1 Å². The van der Waals surface area contributed by atoms with Crippen molar-refractivity contribution in [3.63, 3.8) is 0 Å². The Labute approximate surface area is 229 Å². The Bertz CT molecular complexity index is 1310. The van der Waals surface area contributed by atoms with Crippen LogP contribution in [-0.2, 0) is 23.1 Å². The maximum absolute atomic E-state index is 13.0.